The minimum absolute atomic E-state index is 0.00742. The van der Waals surface area contributed by atoms with Gasteiger partial charge in [-0.2, -0.15) is 4.98 Å². The molecule has 1 aromatic carbocycles. The number of nitrogens with zero attached hydrogens (tertiary/aromatic N) is 4. The van der Waals surface area contributed by atoms with Crippen LogP contribution in [0, 0.1) is 11.6 Å². The number of thioether (sulfide) groups is 1. The summed E-state index contributed by atoms with van der Waals surface area (Å²) >= 11 is 1.10. The molecule has 0 spiro atoms. The SMILES string of the molecule is CC(C)Sc1nc(O)cc(=O)n1-c1c(F)cc(-c2c[nH]nn2)cc1F. The Bertz CT molecular complexity index is 950. The van der Waals surface area contributed by atoms with Gasteiger partial charge in [0.15, 0.2) is 16.8 Å². The van der Waals surface area contributed by atoms with Crippen molar-refractivity contribution >= 4 is 11.8 Å². The minimum atomic E-state index is -0.960. The molecule has 2 heterocycles. The van der Waals surface area contributed by atoms with Gasteiger partial charge < -0.3 is 5.11 Å². The summed E-state index contributed by atoms with van der Waals surface area (Å²) in [6, 6.07) is 2.91. The van der Waals surface area contributed by atoms with E-state index in [0.717, 1.165) is 34.5 Å². The van der Waals surface area contributed by atoms with Crippen LogP contribution in [0.25, 0.3) is 16.9 Å². The molecule has 2 N–H and O–H groups in total. The summed E-state index contributed by atoms with van der Waals surface area (Å²) in [5, 5.41) is 19.2. The number of hydrogen-bond donors (Lipinski definition) is 2. The van der Waals surface area contributed by atoms with Crippen molar-refractivity contribution in [1.29, 1.82) is 0 Å². The normalized spacial score (nSPS) is 11.2. The van der Waals surface area contributed by atoms with Gasteiger partial charge >= 0.3 is 0 Å². The van der Waals surface area contributed by atoms with E-state index in [0.29, 0.717) is 0 Å². The maximum Gasteiger partial charge on any atom is 0.262 e. The smallest absolute Gasteiger partial charge is 0.262 e. The third-order valence-electron chi connectivity index (χ3n) is 3.17. The maximum absolute atomic E-state index is 14.6. The van der Waals surface area contributed by atoms with Crippen LogP contribution < -0.4 is 5.56 Å². The average molecular weight is 365 g/mol. The predicted octanol–water partition coefficient (Wildman–Crippen LogP) is 2.50. The standard InChI is InChI=1S/C15H13F2N5O2S/c1-7(2)25-15-19-12(23)5-13(24)22(15)14-9(16)3-8(4-10(14)17)11-6-18-21-20-11/h3-7,23H,1-2H3,(H,18,20,21). The largest absolute Gasteiger partial charge is 0.493 e. The van der Waals surface area contributed by atoms with Crippen LogP contribution in [-0.2, 0) is 0 Å². The summed E-state index contributed by atoms with van der Waals surface area (Å²) in [4.78, 5) is 16.1. The highest BCUT2D eigenvalue weighted by Gasteiger charge is 2.21. The van der Waals surface area contributed by atoms with E-state index in [4.69, 9.17) is 0 Å². The van der Waals surface area contributed by atoms with E-state index < -0.39 is 28.8 Å². The molecule has 0 unspecified atom stereocenters. The van der Waals surface area contributed by atoms with Crippen molar-refractivity contribution in [2.45, 2.75) is 24.3 Å². The van der Waals surface area contributed by atoms with Gasteiger partial charge in [0.1, 0.15) is 11.4 Å². The third-order valence-corrected chi connectivity index (χ3v) is 4.12. The fourth-order valence-electron chi connectivity index (χ4n) is 2.21. The van der Waals surface area contributed by atoms with Crippen LogP contribution in [0.3, 0.4) is 0 Å². The molecule has 0 fully saturated rings. The van der Waals surface area contributed by atoms with Crippen LogP contribution in [0.15, 0.2) is 34.3 Å². The van der Waals surface area contributed by atoms with Gasteiger partial charge in [0.2, 0.25) is 5.88 Å². The Morgan fingerprint density at radius 1 is 1.24 bits per heavy atom. The summed E-state index contributed by atoms with van der Waals surface area (Å²) in [6.07, 6.45) is 1.39. The van der Waals surface area contributed by atoms with Crippen molar-refractivity contribution in [3.05, 3.63) is 46.4 Å². The molecule has 0 aliphatic heterocycles. The second kappa shape index (κ2) is 6.63. The van der Waals surface area contributed by atoms with Crippen LogP contribution in [0.2, 0.25) is 0 Å². The lowest BCUT2D eigenvalue weighted by molar-refractivity contribution is 0.438. The first-order chi connectivity index (χ1) is 11.9. The average Bonchev–Trinajstić information content (AvgIpc) is 3.02. The Morgan fingerprint density at radius 2 is 1.92 bits per heavy atom. The van der Waals surface area contributed by atoms with E-state index in [1.165, 1.54) is 6.20 Å². The van der Waals surface area contributed by atoms with E-state index in [1.54, 1.807) is 0 Å². The molecule has 0 amide bonds. The summed E-state index contributed by atoms with van der Waals surface area (Å²) in [7, 11) is 0. The van der Waals surface area contributed by atoms with Crippen molar-refractivity contribution in [3.63, 3.8) is 0 Å². The number of aromatic hydroxyl groups is 1. The monoisotopic (exact) mass is 365 g/mol. The van der Waals surface area contributed by atoms with E-state index in [-0.39, 0.29) is 21.7 Å². The molecular weight excluding hydrogens is 352 g/mol. The molecule has 3 aromatic rings. The Labute approximate surface area is 144 Å². The Balaban J connectivity index is 2.22. The van der Waals surface area contributed by atoms with Crippen molar-refractivity contribution in [2.75, 3.05) is 0 Å². The lowest BCUT2D eigenvalue weighted by Crippen LogP contribution is -2.23. The van der Waals surface area contributed by atoms with Crippen LogP contribution in [0.1, 0.15) is 13.8 Å². The van der Waals surface area contributed by atoms with Crippen molar-refractivity contribution in [1.82, 2.24) is 25.0 Å². The maximum atomic E-state index is 14.6. The fourth-order valence-corrected chi connectivity index (χ4v) is 3.07. The van der Waals surface area contributed by atoms with Gasteiger partial charge in [-0.1, -0.05) is 30.8 Å². The molecule has 0 saturated carbocycles. The van der Waals surface area contributed by atoms with Gasteiger partial charge in [-0.25, -0.2) is 13.3 Å². The molecule has 2 aromatic heterocycles. The molecule has 0 bridgehead atoms. The van der Waals surface area contributed by atoms with E-state index in [2.05, 4.69) is 20.4 Å². The lowest BCUT2D eigenvalue weighted by atomic mass is 10.1. The highest BCUT2D eigenvalue weighted by atomic mass is 32.2. The van der Waals surface area contributed by atoms with Crippen molar-refractivity contribution in [2.24, 2.45) is 0 Å². The van der Waals surface area contributed by atoms with Crippen molar-refractivity contribution in [3.8, 4) is 22.8 Å². The van der Waals surface area contributed by atoms with Gasteiger partial charge in [-0.05, 0) is 12.1 Å². The summed E-state index contributed by atoms with van der Waals surface area (Å²) in [5.74, 6) is -2.43. The van der Waals surface area contributed by atoms with Crippen LogP contribution in [-0.4, -0.2) is 35.3 Å². The summed E-state index contributed by atoms with van der Waals surface area (Å²) in [5.41, 5.74) is -0.918. The molecule has 0 saturated heterocycles. The number of benzene rings is 1. The fraction of sp³-hybridized carbons (Fsp3) is 0.200. The Kier molecular flexibility index (Phi) is 4.53. The van der Waals surface area contributed by atoms with Crippen molar-refractivity contribution < 1.29 is 13.9 Å². The molecule has 7 nitrogen and oxygen atoms in total. The highest BCUT2D eigenvalue weighted by Crippen LogP contribution is 2.29. The number of aromatic amines is 1. The number of nitrogens with one attached hydrogen (secondary N) is 1. The molecule has 0 radical (unpaired) electrons. The number of rotatable bonds is 4. The first kappa shape index (κ1) is 17.1. The lowest BCUT2D eigenvalue weighted by Gasteiger charge is -2.15. The molecule has 3 rings (SSSR count). The molecule has 0 aliphatic rings. The van der Waals surface area contributed by atoms with Gasteiger partial charge in [0.25, 0.3) is 5.56 Å². The number of H-pyrrole nitrogens is 1. The second-order valence-electron chi connectivity index (χ2n) is 5.38. The van der Waals surface area contributed by atoms with E-state index in [9.17, 15) is 18.7 Å². The quantitative estimate of drug-likeness (QED) is 0.545. The Morgan fingerprint density at radius 3 is 2.48 bits per heavy atom. The molecule has 25 heavy (non-hydrogen) atoms. The van der Waals surface area contributed by atoms with Crippen LogP contribution in [0.5, 0.6) is 5.88 Å². The molecular formula is C15H13F2N5O2S. The second-order valence-corrected chi connectivity index (χ2v) is 6.93. The zero-order chi connectivity index (χ0) is 18.1. The zero-order valence-electron chi connectivity index (χ0n) is 13.2. The van der Waals surface area contributed by atoms with E-state index >= 15 is 0 Å². The number of halogens is 2. The topological polar surface area (TPSA) is 96.7 Å². The minimum Gasteiger partial charge on any atom is -0.493 e. The number of aromatic nitrogens is 5. The first-order valence-corrected chi connectivity index (χ1v) is 8.10. The summed E-state index contributed by atoms with van der Waals surface area (Å²) in [6.45, 7) is 3.65. The summed E-state index contributed by atoms with van der Waals surface area (Å²) < 4.78 is 30.1. The molecule has 0 atom stereocenters. The first-order valence-electron chi connectivity index (χ1n) is 7.22. The predicted molar refractivity (Wildman–Crippen MR) is 87.8 cm³/mol. The number of hydrogen-bond acceptors (Lipinski definition) is 6. The molecule has 130 valence electrons. The van der Waals surface area contributed by atoms with E-state index in [1.807, 2.05) is 13.8 Å². The zero-order valence-corrected chi connectivity index (χ0v) is 14.0. The molecule has 0 aliphatic carbocycles. The highest BCUT2D eigenvalue weighted by molar-refractivity contribution is 7.99. The van der Waals surface area contributed by atoms with Crippen LogP contribution in [0.4, 0.5) is 8.78 Å². The Hall–Kier alpha value is -2.75. The third kappa shape index (κ3) is 3.38. The van der Waals surface area contributed by atoms with Crippen LogP contribution >= 0.6 is 11.8 Å². The van der Waals surface area contributed by atoms with Gasteiger partial charge in [-0.15, -0.1) is 5.10 Å². The van der Waals surface area contributed by atoms with Gasteiger partial charge in [-0.3, -0.25) is 9.89 Å². The van der Waals surface area contributed by atoms with Gasteiger partial charge in [0.05, 0.1) is 6.07 Å². The molecule has 10 heteroatoms. The van der Waals surface area contributed by atoms with Gasteiger partial charge in [0, 0.05) is 17.0 Å².